The smallest absolute Gasteiger partial charge is 0.294 e. The lowest BCUT2D eigenvalue weighted by Crippen LogP contribution is -2.36. The number of rotatable bonds is 8. The number of thioether (sulfide) groups is 1. The summed E-state index contributed by atoms with van der Waals surface area (Å²) < 4.78 is 16.6. The van der Waals surface area contributed by atoms with Crippen LogP contribution in [0.15, 0.2) is 65.6 Å². The Labute approximate surface area is 240 Å². The summed E-state index contributed by atoms with van der Waals surface area (Å²) in [5.41, 5.74) is 4.04. The highest BCUT2D eigenvalue weighted by atomic mass is 32.2. The number of benzene rings is 3. The summed E-state index contributed by atoms with van der Waals surface area (Å²) in [6.45, 7) is 4.25. The Morgan fingerprint density at radius 3 is 2.32 bits per heavy atom. The van der Waals surface area contributed by atoms with E-state index in [9.17, 15) is 19.2 Å². The van der Waals surface area contributed by atoms with E-state index in [-0.39, 0.29) is 17.4 Å². The molecule has 0 aromatic heterocycles. The fourth-order valence-corrected chi connectivity index (χ4v) is 4.92. The van der Waals surface area contributed by atoms with Gasteiger partial charge in [0, 0.05) is 17.4 Å². The first kappa shape index (κ1) is 27.8. The zero-order valence-electron chi connectivity index (χ0n) is 22.4. The maximum absolute atomic E-state index is 12.9. The van der Waals surface area contributed by atoms with Crippen molar-refractivity contribution in [2.45, 2.75) is 13.8 Å². The first-order valence-electron chi connectivity index (χ1n) is 12.8. The average molecular weight is 574 g/mol. The number of hydrogen-bond acceptors (Lipinski definition) is 8. The number of amides is 4. The summed E-state index contributed by atoms with van der Waals surface area (Å²) in [5, 5.41) is 4.95. The van der Waals surface area contributed by atoms with Gasteiger partial charge >= 0.3 is 0 Å². The van der Waals surface area contributed by atoms with Crippen molar-refractivity contribution in [2.24, 2.45) is 0 Å². The van der Waals surface area contributed by atoms with Crippen molar-refractivity contribution >= 4 is 52.2 Å². The molecule has 3 aromatic rings. The molecule has 11 heteroatoms. The van der Waals surface area contributed by atoms with E-state index in [1.807, 2.05) is 32.0 Å². The Balaban J connectivity index is 1.13. The second-order valence-corrected chi connectivity index (χ2v) is 10.4. The lowest BCUT2D eigenvalue weighted by molar-refractivity contribution is -0.127. The highest BCUT2D eigenvalue weighted by molar-refractivity contribution is 8.18. The molecule has 10 nitrogen and oxygen atoms in total. The van der Waals surface area contributed by atoms with Crippen LogP contribution in [-0.2, 0) is 14.4 Å². The highest BCUT2D eigenvalue weighted by Crippen LogP contribution is 2.34. The molecule has 2 aliphatic rings. The van der Waals surface area contributed by atoms with Gasteiger partial charge in [-0.3, -0.25) is 24.1 Å². The molecule has 1 saturated heterocycles. The Bertz CT molecular complexity index is 1550. The van der Waals surface area contributed by atoms with Gasteiger partial charge in [-0.2, -0.15) is 0 Å². The number of imide groups is 1. The van der Waals surface area contributed by atoms with Gasteiger partial charge in [0.2, 0.25) is 5.91 Å². The number of nitrogens with zero attached hydrogens (tertiary/aromatic N) is 1. The van der Waals surface area contributed by atoms with Crippen LogP contribution in [0.5, 0.6) is 17.2 Å². The van der Waals surface area contributed by atoms with E-state index < -0.39 is 23.6 Å². The normalized spacial score (nSPS) is 15.2. The van der Waals surface area contributed by atoms with Crippen LogP contribution in [0.1, 0.15) is 16.7 Å². The van der Waals surface area contributed by atoms with Gasteiger partial charge in [-0.15, -0.1) is 0 Å². The van der Waals surface area contributed by atoms with E-state index in [1.165, 1.54) is 0 Å². The van der Waals surface area contributed by atoms with E-state index in [0.717, 1.165) is 27.8 Å². The van der Waals surface area contributed by atoms with Crippen LogP contribution in [0, 0.1) is 13.8 Å². The summed E-state index contributed by atoms with van der Waals surface area (Å²) >= 11 is 0.762. The molecule has 5 rings (SSSR count). The summed E-state index contributed by atoms with van der Waals surface area (Å²) in [6.07, 6.45) is 1.57. The molecule has 0 unspecified atom stereocenters. The second-order valence-electron chi connectivity index (χ2n) is 9.38. The molecule has 2 heterocycles. The molecule has 2 aliphatic heterocycles. The SMILES string of the molecule is Cc1ccc(NC(=O)COc2ccc(/C=C3\SC(=O)N(CC(=O)Nc4ccc5c(c4)OCCO5)C3=O)cc2)cc1C. The number of hydrogen-bond donors (Lipinski definition) is 2. The van der Waals surface area contributed by atoms with Gasteiger partial charge < -0.3 is 24.8 Å². The molecule has 0 bridgehead atoms. The summed E-state index contributed by atoms with van der Waals surface area (Å²) in [6, 6.07) is 17.4. The van der Waals surface area contributed by atoms with Crippen molar-refractivity contribution in [1.29, 1.82) is 0 Å². The van der Waals surface area contributed by atoms with Gasteiger partial charge in [0.05, 0.1) is 4.91 Å². The summed E-state index contributed by atoms with van der Waals surface area (Å²) in [5.74, 6) is 0.211. The van der Waals surface area contributed by atoms with Crippen LogP contribution in [0.4, 0.5) is 16.2 Å². The molecule has 0 saturated carbocycles. The number of aryl methyl sites for hydroxylation is 2. The van der Waals surface area contributed by atoms with Gasteiger partial charge in [0.1, 0.15) is 25.5 Å². The third-order valence-electron chi connectivity index (χ3n) is 6.34. The van der Waals surface area contributed by atoms with Crippen LogP contribution in [0.25, 0.3) is 6.08 Å². The van der Waals surface area contributed by atoms with Crippen molar-refractivity contribution in [2.75, 3.05) is 37.0 Å². The Hall–Kier alpha value is -4.77. The van der Waals surface area contributed by atoms with Crippen LogP contribution < -0.4 is 24.8 Å². The first-order chi connectivity index (χ1) is 19.7. The van der Waals surface area contributed by atoms with E-state index in [2.05, 4.69) is 10.6 Å². The van der Waals surface area contributed by atoms with E-state index in [1.54, 1.807) is 48.5 Å². The largest absolute Gasteiger partial charge is 0.486 e. The third-order valence-corrected chi connectivity index (χ3v) is 7.25. The second kappa shape index (κ2) is 12.2. The molecule has 210 valence electrons. The van der Waals surface area contributed by atoms with Crippen LogP contribution in [0.3, 0.4) is 0 Å². The first-order valence-corrected chi connectivity index (χ1v) is 13.6. The molecule has 2 N–H and O–H groups in total. The molecule has 4 amide bonds. The van der Waals surface area contributed by atoms with Gasteiger partial charge in [0.15, 0.2) is 18.1 Å². The van der Waals surface area contributed by atoms with Crippen LogP contribution in [0.2, 0.25) is 0 Å². The Morgan fingerprint density at radius 2 is 1.56 bits per heavy atom. The minimum absolute atomic E-state index is 0.167. The van der Waals surface area contributed by atoms with Crippen molar-refractivity contribution in [1.82, 2.24) is 4.90 Å². The quantitative estimate of drug-likeness (QED) is 0.370. The monoisotopic (exact) mass is 573 g/mol. The van der Waals surface area contributed by atoms with Crippen molar-refractivity contribution in [3.8, 4) is 17.2 Å². The van der Waals surface area contributed by atoms with E-state index in [0.29, 0.717) is 47.4 Å². The average Bonchev–Trinajstić information content (AvgIpc) is 3.21. The van der Waals surface area contributed by atoms with Crippen LogP contribution in [-0.4, -0.2) is 54.2 Å². The molecule has 0 atom stereocenters. The topological polar surface area (TPSA) is 123 Å². The Morgan fingerprint density at radius 1 is 0.878 bits per heavy atom. The van der Waals surface area contributed by atoms with Gasteiger partial charge in [-0.05, 0) is 84.8 Å². The standard InChI is InChI=1S/C30H27N3O7S/c1-18-3-6-21(13-19(18)2)32-28(35)17-40-23-8-4-20(5-9-23)14-26-29(36)33(30(37)41-26)16-27(34)31-22-7-10-24-25(15-22)39-12-11-38-24/h3-10,13-15H,11-12,16-17H2,1-2H3,(H,31,34)(H,32,35)/b26-14-. The number of nitrogens with one attached hydrogen (secondary N) is 2. The fraction of sp³-hybridized carbons (Fsp3) is 0.200. The van der Waals surface area contributed by atoms with E-state index in [4.69, 9.17) is 14.2 Å². The lowest BCUT2D eigenvalue weighted by Gasteiger charge is -2.19. The van der Waals surface area contributed by atoms with E-state index >= 15 is 0 Å². The summed E-state index contributed by atoms with van der Waals surface area (Å²) in [4.78, 5) is 51.3. The highest BCUT2D eigenvalue weighted by Gasteiger charge is 2.36. The zero-order chi connectivity index (χ0) is 28.9. The van der Waals surface area contributed by atoms with Gasteiger partial charge in [-0.1, -0.05) is 18.2 Å². The molecule has 1 fully saturated rings. The maximum Gasteiger partial charge on any atom is 0.294 e. The molecule has 3 aromatic carbocycles. The van der Waals surface area contributed by atoms with Gasteiger partial charge in [0.25, 0.3) is 17.1 Å². The molecular formula is C30H27N3O7S. The minimum Gasteiger partial charge on any atom is -0.486 e. The lowest BCUT2D eigenvalue weighted by atomic mass is 10.1. The van der Waals surface area contributed by atoms with Crippen molar-refractivity contribution in [3.05, 3.63) is 82.3 Å². The van der Waals surface area contributed by atoms with Crippen molar-refractivity contribution < 1.29 is 33.4 Å². The number of fused-ring (bicyclic) bond motifs is 1. The third kappa shape index (κ3) is 6.87. The molecule has 41 heavy (non-hydrogen) atoms. The summed E-state index contributed by atoms with van der Waals surface area (Å²) in [7, 11) is 0. The fourth-order valence-electron chi connectivity index (χ4n) is 4.08. The van der Waals surface area contributed by atoms with Gasteiger partial charge in [-0.25, -0.2) is 0 Å². The Kier molecular flexibility index (Phi) is 8.25. The van der Waals surface area contributed by atoms with Crippen LogP contribution >= 0.6 is 11.8 Å². The number of carbonyl (C=O) groups is 4. The maximum atomic E-state index is 12.9. The number of ether oxygens (including phenoxy) is 3. The van der Waals surface area contributed by atoms with Crippen molar-refractivity contribution in [3.63, 3.8) is 0 Å². The number of carbonyl (C=O) groups excluding carboxylic acids is 4. The molecule has 0 spiro atoms. The number of anilines is 2. The molecule has 0 aliphatic carbocycles. The molecular weight excluding hydrogens is 546 g/mol. The predicted molar refractivity (Wildman–Crippen MR) is 155 cm³/mol. The minimum atomic E-state index is -0.555. The zero-order valence-corrected chi connectivity index (χ0v) is 23.2. The predicted octanol–water partition coefficient (Wildman–Crippen LogP) is 4.77. The molecule has 0 radical (unpaired) electrons.